The summed E-state index contributed by atoms with van der Waals surface area (Å²) in [5.74, 6) is -2.01. The lowest BCUT2D eigenvalue weighted by atomic mass is 9.99. The number of carboxylic acids is 1. The van der Waals surface area contributed by atoms with Crippen molar-refractivity contribution in [2.24, 2.45) is 0 Å². The molecule has 0 unspecified atom stereocenters. The van der Waals surface area contributed by atoms with Crippen LogP contribution in [0.5, 0.6) is 0 Å². The minimum Gasteiger partial charge on any atom is -0.478 e. The van der Waals surface area contributed by atoms with Crippen molar-refractivity contribution in [3.8, 4) is 0 Å². The van der Waals surface area contributed by atoms with Crippen LogP contribution in [0.4, 0.5) is 4.79 Å². The first kappa shape index (κ1) is 15.2. The maximum absolute atomic E-state index is 11.4. The Kier molecular flexibility index (Phi) is 5.95. The molecule has 0 atom stereocenters. The molecule has 0 radical (unpaired) electrons. The third kappa shape index (κ3) is 8.01. The van der Waals surface area contributed by atoms with Crippen molar-refractivity contribution >= 4 is 17.9 Å². The van der Waals surface area contributed by atoms with Crippen LogP contribution < -0.4 is 10.6 Å². The molecule has 17 heavy (non-hydrogen) atoms. The molecule has 0 bridgehead atoms. The van der Waals surface area contributed by atoms with Gasteiger partial charge in [0.05, 0.1) is 0 Å². The number of aliphatic carboxylic acids is 1. The van der Waals surface area contributed by atoms with Gasteiger partial charge in [-0.05, 0) is 20.3 Å². The van der Waals surface area contributed by atoms with Crippen molar-refractivity contribution in [2.45, 2.75) is 39.2 Å². The van der Waals surface area contributed by atoms with Crippen LogP contribution in [0.1, 0.15) is 33.6 Å². The summed E-state index contributed by atoms with van der Waals surface area (Å²) >= 11 is 0. The number of hydrogen-bond acceptors (Lipinski definition) is 3. The number of hydrogen-bond donors (Lipinski definition) is 3. The summed E-state index contributed by atoms with van der Waals surface area (Å²) in [6, 6.07) is -0.636. The molecule has 0 saturated heterocycles. The van der Waals surface area contributed by atoms with Crippen molar-refractivity contribution < 1.29 is 19.5 Å². The third-order valence-corrected chi connectivity index (χ3v) is 1.94. The molecule has 0 rings (SSSR count). The standard InChI is InChI=1S/C11H18N2O4/c1-4-7-11(2,3)13-10(17)12-8(14)5-6-9(15)16/h5-6H,4,7H2,1-3H3,(H,15,16)(H2,12,13,14,17)/b6-5+. The minimum absolute atomic E-state index is 0.407. The lowest BCUT2D eigenvalue weighted by Gasteiger charge is -2.25. The number of carbonyl (C=O) groups is 3. The summed E-state index contributed by atoms with van der Waals surface area (Å²) in [5.41, 5.74) is -0.407. The first-order chi connectivity index (χ1) is 7.76. The predicted octanol–water partition coefficient (Wildman–Crippen LogP) is 1.03. The number of amides is 3. The summed E-state index contributed by atoms with van der Waals surface area (Å²) in [4.78, 5) is 32.6. The van der Waals surface area contributed by atoms with Crippen molar-refractivity contribution in [1.82, 2.24) is 10.6 Å². The Balaban J connectivity index is 4.19. The van der Waals surface area contributed by atoms with Crippen LogP contribution in [-0.2, 0) is 9.59 Å². The Morgan fingerprint density at radius 1 is 1.24 bits per heavy atom. The largest absolute Gasteiger partial charge is 0.478 e. The van der Waals surface area contributed by atoms with Crippen LogP contribution >= 0.6 is 0 Å². The number of carbonyl (C=O) groups excluding carboxylic acids is 2. The highest BCUT2D eigenvalue weighted by atomic mass is 16.4. The Labute approximate surface area is 100 Å². The second-order valence-electron chi connectivity index (χ2n) is 4.25. The van der Waals surface area contributed by atoms with E-state index in [2.05, 4.69) is 5.32 Å². The summed E-state index contributed by atoms with van der Waals surface area (Å²) < 4.78 is 0. The first-order valence-corrected chi connectivity index (χ1v) is 5.31. The smallest absolute Gasteiger partial charge is 0.328 e. The van der Waals surface area contributed by atoms with E-state index in [1.54, 1.807) is 0 Å². The predicted molar refractivity (Wildman–Crippen MR) is 62.4 cm³/mol. The van der Waals surface area contributed by atoms with E-state index in [4.69, 9.17) is 5.11 Å². The quantitative estimate of drug-likeness (QED) is 0.627. The highest BCUT2D eigenvalue weighted by molar-refractivity contribution is 6.02. The monoisotopic (exact) mass is 242 g/mol. The van der Waals surface area contributed by atoms with Crippen LogP contribution in [0.3, 0.4) is 0 Å². The molecule has 0 saturated carbocycles. The van der Waals surface area contributed by atoms with Gasteiger partial charge in [-0.3, -0.25) is 10.1 Å². The Morgan fingerprint density at radius 3 is 2.29 bits per heavy atom. The van der Waals surface area contributed by atoms with Crippen LogP contribution in [-0.4, -0.2) is 28.6 Å². The zero-order chi connectivity index (χ0) is 13.5. The number of imide groups is 1. The molecule has 6 nitrogen and oxygen atoms in total. The lowest BCUT2D eigenvalue weighted by molar-refractivity contribution is -0.131. The zero-order valence-corrected chi connectivity index (χ0v) is 10.2. The molecule has 3 amide bonds. The van der Waals surface area contributed by atoms with E-state index in [1.807, 2.05) is 26.1 Å². The molecule has 0 aromatic rings. The summed E-state index contributed by atoms with van der Waals surface area (Å²) in [6.45, 7) is 5.67. The molecule has 0 aromatic carbocycles. The molecule has 3 N–H and O–H groups in total. The van der Waals surface area contributed by atoms with Gasteiger partial charge in [0.25, 0.3) is 5.91 Å². The molecule has 0 aromatic heterocycles. The van der Waals surface area contributed by atoms with Crippen molar-refractivity contribution in [3.63, 3.8) is 0 Å². The number of carboxylic acid groups (broad SMARTS) is 1. The fourth-order valence-electron chi connectivity index (χ4n) is 1.33. The maximum atomic E-state index is 11.4. The second-order valence-corrected chi connectivity index (χ2v) is 4.25. The van der Waals surface area contributed by atoms with Gasteiger partial charge >= 0.3 is 12.0 Å². The van der Waals surface area contributed by atoms with E-state index in [0.717, 1.165) is 18.9 Å². The van der Waals surface area contributed by atoms with Crippen molar-refractivity contribution in [1.29, 1.82) is 0 Å². The normalized spacial score (nSPS) is 11.2. The van der Waals surface area contributed by atoms with Gasteiger partial charge in [0.15, 0.2) is 0 Å². The molecular formula is C11H18N2O4. The Hall–Kier alpha value is -1.85. The molecule has 0 spiro atoms. The SMILES string of the molecule is CCCC(C)(C)NC(=O)NC(=O)/C=C/C(=O)O. The molecule has 6 heteroatoms. The first-order valence-electron chi connectivity index (χ1n) is 5.31. The number of rotatable bonds is 5. The van der Waals surface area contributed by atoms with Crippen LogP contribution in [0.15, 0.2) is 12.2 Å². The average molecular weight is 242 g/mol. The van der Waals surface area contributed by atoms with Crippen molar-refractivity contribution in [2.75, 3.05) is 0 Å². The number of nitrogens with one attached hydrogen (secondary N) is 2. The van der Waals surface area contributed by atoms with Gasteiger partial charge in [0.2, 0.25) is 0 Å². The van der Waals surface area contributed by atoms with E-state index in [-0.39, 0.29) is 0 Å². The van der Waals surface area contributed by atoms with E-state index < -0.39 is 23.4 Å². The van der Waals surface area contributed by atoms with E-state index in [9.17, 15) is 14.4 Å². The van der Waals surface area contributed by atoms with E-state index >= 15 is 0 Å². The van der Waals surface area contributed by atoms with Crippen LogP contribution in [0, 0.1) is 0 Å². The molecule has 0 heterocycles. The van der Waals surface area contributed by atoms with E-state index in [1.165, 1.54) is 0 Å². The van der Waals surface area contributed by atoms with Gasteiger partial charge < -0.3 is 10.4 Å². The highest BCUT2D eigenvalue weighted by Crippen LogP contribution is 2.09. The molecule has 0 fully saturated rings. The summed E-state index contributed by atoms with van der Waals surface area (Å²) in [6.07, 6.45) is 3.13. The summed E-state index contributed by atoms with van der Waals surface area (Å²) in [7, 11) is 0. The molecule has 0 aliphatic carbocycles. The topological polar surface area (TPSA) is 95.5 Å². The van der Waals surface area contributed by atoms with Crippen LogP contribution in [0.25, 0.3) is 0 Å². The Morgan fingerprint density at radius 2 is 1.82 bits per heavy atom. The highest BCUT2D eigenvalue weighted by Gasteiger charge is 2.19. The maximum Gasteiger partial charge on any atom is 0.328 e. The average Bonchev–Trinajstić information content (AvgIpc) is 2.13. The lowest BCUT2D eigenvalue weighted by Crippen LogP contribution is -2.49. The molecule has 0 aliphatic rings. The van der Waals surface area contributed by atoms with E-state index in [0.29, 0.717) is 6.08 Å². The summed E-state index contributed by atoms with van der Waals surface area (Å²) in [5, 5.41) is 12.9. The van der Waals surface area contributed by atoms with Crippen molar-refractivity contribution in [3.05, 3.63) is 12.2 Å². The fourth-order valence-corrected chi connectivity index (χ4v) is 1.33. The van der Waals surface area contributed by atoms with Gasteiger partial charge in [0, 0.05) is 17.7 Å². The molecular weight excluding hydrogens is 224 g/mol. The zero-order valence-electron chi connectivity index (χ0n) is 10.2. The van der Waals surface area contributed by atoms with Gasteiger partial charge in [-0.15, -0.1) is 0 Å². The fraction of sp³-hybridized carbons (Fsp3) is 0.545. The molecule has 0 aliphatic heterocycles. The Bertz CT molecular complexity index is 334. The van der Waals surface area contributed by atoms with Gasteiger partial charge in [-0.2, -0.15) is 0 Å². The second kappa shape index (κ2) is 6.67. The minimum atomic E-state index is -1.24. The third-order valence-electron chi connectivity index (χ3n) is 1.94. The van der Waals surface area contributed by atoms with Crippen LogP contribution in [0.2, 0.25) is 0 Å². The number of urea groups is 1. The van der Waals surface area contributed by atoms with Gasteiger partial charge in [-0.1, -0.05) is 13.3 Å². The molecule has 96 valence electrons. The van der Waals surface area contributed by atoms with Gasteiger partial charge in [-0.25, -0.2) is 9.59 Å². The van der Waals surface area contributed by atoms with Gasteiger partial charge in [0.1, 0.15) is 0 Å².